The molecule has 1 aliphatic rings. The molecule has 1 aliphatic heterocycles. The second-order valence-electron chi connectivity index (χ2n) is 6.57. The summed E-state index contributed by atoms with van der Waals surface area (Å²) >= 11 is 0. The first-order valence-electron chi connectivity index (χ1n) is 9.09. The van der Waals surface area contributed by atoms with Crippen molar-refractivity contribution >= 4 is 5.69 Å². The predicted molar refractivity (Wildman–Crippen MR) is 96.0 cm³/mol. The van der Waals surface area contributed by atoms with E-state index in [-0.39, 0.29) is 12.1 Å². The Hall–Kier alpha value is -2.08. The Morgan fingerprint density at radius 2 is 2.12 bits per heavy atom. The molecule has 0 radical (unpaired) electrons. The lowest BCUT2D eigenvalue weighted by Crippen LogP contribution is -2.26. The van der Waals surface area contributed by atoms with E-state index in [1.807, 2.05) is 19.1 Å². The van der Waals surface area contributed by atoms with Gasteiger partial charge >= 0.3 is 0 Å². The molecule has 0 spiro atoms. The molecule has 3 rings (SSSR count). The molecule has 0 unspecified atom stereocenters. The molecule has 136 valence electrons. The van der Waals surface area contributed by atoms with Gasteiger partial charge < -0.3 is 19.3 Å². The fourth-order valence-corrected chi connectivity index (χ4v) is 2.93. The first kappa shape index (κ1) is 17.7. The van der Waals surface area contributed by atoms with Crippen LogP contribution in [0.25, 0.3) is 0 Å². The van der Waals surface area contributed by atoms with Crippen molar-refractivity contribution in [2.45, 2.75) is 58.6 Å². The van der Waals surface area contributed by atoms with Crippen LogP contribution in [-0.2, 0) is 11.2 Å². The molecule has 1 atom stereocenters. The van der Waals surface area contributed by atoms with Crippen LogP contribution >= 0.6 is 0 Å². The highest BCUT2D eigenvalue weighted by Gasteiger charge is 2.17. The zero-order chi connectivity index (χ0) is 17.6. The van der Waals surface area contributed by atoms with E-state index in [9.17, 15) is 0 Å². The van der Waals surface area contributed by atoms with Crippen LogP contribution in [0.15, 0.2) is 22.7 Å². The van der Waals surface area contributed by atoms with Crippen LogP contribution in [0.4, 0.5) is 5.69 Å². The molecule has 0 bridgehead atoms. The number of nitrogens with one attached hydrogen (secondary N) is 1. The summed E-state index contributed by atoms with van der Waals surface area (Å²) in [6.07, 6.45) is 4.00. The van der Waals surface area contributed by atoms with Gasteiger partial charge in [0.15, 0.2) is 5.82 Å². The minimum Gasteiger partial charge on any atom is -0.490 e. The number of hydrogen-bond acceptors (Lipinski definition) is 6. The minimum absolute atomic E-state index is 0.0419. The van der Waals surface area contributed by atoms with Gasteiger partial charge in [-0.3, -0.25) is 0 Å². The van der Waals surface area contributed by atoms with Crippen molar-refractivity contribution in [3.63, 3.8) is 0 Å². The molecule has 0 aliphatic carbocycles. The van der Waals surface area contributed by atoms with Gasteiger partial charge in [-0.2, -0.15) is 4.98 Å². The van der Waals surface area contributed by atoms with Gasteiger partial charge in [0, 0.05) is 24.9 Å². The number of ether oxygens (including phenoxy) is 2. The highest BCUT2D eigenvalue weighted by Crippen LogP contribution is 2.27. The van der Waals surface area contributed by atoms with E-state index in [2.05, 4.69) is 35.4 Å². The van der Waals surface area contributed by atoms with E-state index in [1.54, 1.807) is 0 Å². The molecule has 1 aromatic heterocycles. The molecule has 6 nitrogen and oxygen atoms in total. The Morgan fingerprint density at radius 1 is 1.32 bits per heavy atom. The minimum atomic E-state index is -0.0419. The van der Waals surface area contributed by atoms with Crippen molar-refractivity contribution in [2.75, 3.05) is 18.5 Å². The third kappa shape index (κ3) is 4.72. The average molecular weight is 345 g/mol. The van der Waals surface area contributed by atoms with Crippen LogP contribution in [0, 0.1) is 6.92 Å². The highest BCUT2D eigenvalue weighted by molar-refractivity contribution is 5.51. The number of aromatic nitrogens is 2. The van der Waals surface area contributed by atoms with Crippen molar-refractivity contribution in [1.29, 1.82) is 0 Å². The summed E-state index contributed by atoms with van der Waals surface area (Å²) in [7, 11) is 0. The number of benzene rings is 1. The summed E-state index contributed by atoms with van der Waals surface area (Å²) < 4.78 is 16.8. The van der Waals surface area contributed by atoms with Crippen LogP contribution in [-0.4, -0.2) is 29.5 Å². The van der Waals surface area contributed by atoms with Gasteiger partial charge in [-0.15, -0.1) is 0 Å². The molecule has 1 aromatic carbocycles. The van der Waals surface area contributed by atoms with Crippen LogP contribution in [0.5, 0.6) is 5.75 Å². The van der Waals surface area contributed by atoms with Gasteiger partial charge in [-0.05, 0) is 44.0 Å². The second kappa shape index (κ2) is 8.34. The maximum absolute atomic E-state index is 6.11. The van der Waals surface area contributed by atoms with E-state index in [1.165, 1.54) is 0 Å². The number of hydrogen-bond donors (Lipinski definition) is 1. The van der Waals surface area contributed by atoms with Crippen LogP contribution in [0.1, 0.15) is 56.4 Å². The molecule has 2 heterocycles. The Bertz CT molecular complexity index is 680. The van der Waals surface area contributed by atoms with Gasteiger partial charge in [0.2, 0.25) is 5.89 Å². The van der Waals surface area contributed by atoms with Gasteiger partial charge in [-0.25, -0.2) is 0 Å². The predicted octanol–water partition coefficient (Wildman–Crippen LogP) is 4.06. The normalized spacial score (nSPS) is 16.6. The van der Waals surface area contributed by atoms with Crippen LogP contribution in [0.3, 0.4) is 0 Å². The molecule has 1 fully saturated rings. The third-order valence-electron chi connectivity index (χ3n) is 4.35. The monoisotopic (exact) mass is 345 g/mol. The summed E-state index contributed by atoms with van der Waals surface area (Å²) in [4.78, 5) is 4.44. The SMILES string of the molecule is CCCc1noc([C@@H](C)Nc2ccc(OC3CCOCC3)c(C)c2)n1. The standard InChI is InChI=1S/C19H27N3O3/c1-4-5-18-21-19(25-22-18)14(3)20-15-6-7-17(13(2)12-15)24-16-8-10-23-11-9-16/h6-7,12,14,16,20H,4-5,8-11H2,1-3H3/t14-/m1/s1. The molecule has 6 heteroatoms. The molecule has 25 heavy (non-hydrogen) atoms. The van der Waals surface area contributed by atoms with Crippen molar-refractivity contribution in [3.05, 3.63) is 35.5 Å². The summed E-state index contributed by atoms with van der Waals surface area (Å²) in [6.45, 7) is 7.75. The Balaban J connectivity index is 1.61. The lowest BCUT2D eigenvalue weighted by Gasteiger charge is -2.24. The van der Waals surface area contributed by atoms with Gasteiger partial charge in [0.1, 0.15) is 17.9 Å². The van der Waals surface area contributed by atoms with Gasteiger partial charge in [0.05, 0.1) is 13.2 Å². The van der Waals surface area contributed by atoms with Crippen molar-refractivity contribution in [3.8, 4) is 5.75 Å². The molecule has 2 aromatic rings. The maximum Gasteiger partial charge on any atom is 0.248 e. The number of rotatable bonds is 7. The Morgan fingerprint density at radius 3 is 2.84 bits per heavy atom. The zero-order valence-electron chi connectivity index (χ0n) is 15.2. The number of aryl methyl sites for hydroxylation is 2. The molecular weight excluding hydrogens is 318 g/mol. The average Bonchev–Trinajstić information content (AvgIpc) is 3.07. The lowest BCUT2D eigenvalue weighted by molar-refractivity contribution is 0.0253. The lowest BCUT2D eigenvalue weighted by atomic mass is 10.1. The quantitative estimate of drug-likeness (QED) is 0.816. The fraction of sp³-hybridized carbons (Fsp3) is 0.579. The second-order valence-corrected chi connectivity index (χ2v) is 6.57. The highest BCUT2D eigenvalue weighted by atomic mass is 16.5. The zero-order valence-corrected chi connectivity index (χ0v) is 15.2. The van der Waals surface area contributed by atoms with Crippen LogP contribution < -0.4 is 10.1 Å². The summed E-state index contributed by atoms with van der Waals surface area (Å²) in [6, 6.07) is 6.10. The summed E-state index contributed by atoms with van der Waals surface area (Å²) in [5, 5.41) is 7.42. The fourth-order valence-electron chi connectivity index (χ4n) is 2.93. The van der Waals surface area contributed by atoms with Gasteiger partial charge in [-0.1, -0.05) is 12.1 Å². The van der Waals surface area contributed by atoms with Crippen LogP contribution in [0.2, 0.25) is 0 Å². The molecule has 1 N–H and O–H groups in total. The van der Waals surface area contributed by atoms with E-state index < -0.39 is 0 Å². The number of nitrogens with zero attached hydrogens (tertiary/aromatic N) is 2. The molecular formula is C19H27N3O3. The van der Waals surface area contributed by atoms with E-state index >= 15 is 0 Å². The topological polar surface area (TPSA) is 69.4 Å². The smallest absolute Gasteiger partial charge is 0.248 e. The molecule has 0 saturated carbocycles. The Labute approximate surface area is 148 Å². The first-order chi connectivity index (χ1) is 12.2. The van der Waals surface area contributed by atoms with Crippen molar-refractivity contribution in [2.24, 2.45) is 0 Å². The van der Waals surface area contributed by atoms with E-state index in [0.29, 0.717) is 5.89 Å². The third-order valence-corrected chi connectivity index (χ3v) is 4.35. The van der Waals surface area contributed by atoms with Gasteiger partial charge in [0.25, 0.3) is 0 Å². The maximum atomic E-state index is 6.11. The van der Waals surface area contributed by atoms with Crippen molar-refractivity contribution in [1.82, 2.24) is 10.1 Å². The van der Waals surface area contributed by atoms with Crippen molar-refractivity contribution < 1.29 is 14.0 Å². The van der Waals surface area contributed by atoms with E-state index in [0.717, 1.165) is 61.7 Å². The van der Waals surface area contributed by atoms with E-state index in [4.69, 9.17) is 14.0 Å². The Kier molecular flexibility index (Phi) is 5.91. The first-order valence-corrected chi connectivity index (χ1v) is 9.09. The number of anilines is 1. The summed E-state index contributed by atoms with van der Waals surface area (Å²) in [5.74, 6) is 2.32. The largest absolute Gasteiger partial charge is 0.490 e. The summed E-state index contributed by atoms with van der Waals surface area (Å²) in [5.41, 5.74) is 2.13. The molecule has 1 saturated heterocycles. The molecule has 0 amide bonds.